The van der Waals surface area contributed by atoms with Crippen LogP contribution in [0.4, 0.5) is 0 Å². The molecule has 2 aliphatic rings. The van der Waals surface area contributed by atoms with Crippen LogP contribution in [-0.2, 0) is 6.54 Å². The first-order valence-corrected chi connectivity index (χ1v) is 6.61. The van der Waals surface area contributed by atoms with Crippen molar-refractivity contribution in [3.63, 3.8) is 0 Å². The van der Waals surface area contributed by atoms with E-state index < -0.39 is 0 Å². The van der Waals surface area contributed by atoms with Crippen LogP contribution in [0.1, 0.15) is 35.9 Å². The minimum atomic E-state index is 0.381. The Labute approximate surface area is 94.3 Å². The summed E-state index contributed by atoms with van der Waals surface area (Å²) in [6.07, 6.45) is 3.84. The highest BCUT2D eigenvalue weighted by atomic mass is 32.1. The molecule has 3 rings (SSSR count). The molecule has 1 atom stereocenters. The van der Waals surface area contributed by atoms with Gasteiger partial charge >= 0.3 is 0 Å². The van der Waals surface area contributed by atoms with Gasteiger partial charge in [-0.1, -0.05) is 0 Å². The van der Waals surface area contributed by atoms with Crippen LogP contribution in [0.25, 0.3) is 0 Å². The Hall–Kier alpha value is -0.450. The van der Waals surface area contributed by atoms with Gasteiger partial charge in [-0.3, -0.25) is 4.90 Å². The number of nitrogens with zero attached hydrogens (tertiary/aromatic N) is 2. The predicted octanol–water partition coefficient (Wildman–Crippen LogP) is 1.55. The first-order valence-electron chi connectivity index (χ1n) is 5.73. The van der Waals surface area contributed by atoms with Crippen LogP contribution in [0.2, 0.25) is 0 Å². The van der Waals surface area contributed by atoms with Crippen LogP contribution in [-0.4, -0.2) is 29.0 Å². The van der Waals surface area contributed by atoms with E-state index >= 15 is 0 Å². The van der Waals surface area contributed by atoms with Crippen LogP contribution in [0.15, 0.2) is 5.38 Å². The molecule has 1 aliphatic heterocycles. The highest BCUT2D eigenvalue weighted by molar-refractivity contribution is 7.09. The molecule has 82 valence electrons. The van der Waals surface area contributed by atoms with Gasteiger partial charge in [0.25, 0.3) is 0 Å². The quantitative estimate of drug-likeness (QED) is 0.845. The lowest BCUT2D eigenvalue weighted by Crippen LogP contribution is -2.26. The molecule has 1 saturated carbocycles. The van der Waals surface area contributed by atoms with Crippen LogP contribution >= 0.6 is 11.3 Å². The van der Waals surface area contributed by atoms with Crippen molar-refractivity contribution in [1.29, 1.82) is 0 Å². The molecule has 15 heavy (non-hydrogen) atoms. The second kappa shape index (κ2) is 3.85. The SMILES string of the molecule is NC1CCN(Cc2csc(C3CC3)n2)C1. The topological polar surface area (TPSA) is 42.1 Å². The van der Waals surface area contributed by atoms with Crippen molar-refractivity contribution in [3.8, 4) is 0 Å². The number of rotatable bonds is 3. The van der Waals surface area contributed by atoms with Gasteiger partial charge in [0.1, 0.15) is 0 Å². The third-order valence-corrected chi connectivity index (χ3v) is 4.25. The lowest BCUT2D eigenvalue weighted by atomic mass is 10.3. The number of nitrogens with two attached hydrogens (primary N) is 1. The fraction of sp³-hybridized carbons (Fsp3) is 0.727. The average molecular weight is 223 g/mol. The molecule has 0 aromatic carbocycles. The molecule has 0 spiro atoms. The Bertz CT molecular complexity index is 345. The molecule has 2 fully saturated rings. The first-order chi connectivity index (χ1) is 7.31. The second-order valence-electron chi connectivity index (χ2n) is 4.74. The fourth-order valence-corrected chi connectivity index (χ4v) is 3.13. The number of hydrogen-bond donors (Lipinski definition) is 1. The van der Waals surface area contributed by atoms with Crippen LogP contribution < -0.4 is 5.73 Å². The molecule has 4 heteroatoms. The summed E-state index contributed by atoms with van der Waals surface area (Å²) in [6.45, 7) is 3.17. The molecular formula is C11H17N3S. The molecule has 0 bridgehead atoms. The molecule has 2 heterocycles. The maximum Gasteiger partial charge on any atom is 0.0959 e. The molecule has 1 unspecified atom stereocenters. The Morgan fingerprint density at radius 3 is 3.00 bits per heavy atom. The van der Waals surface area contributed by atoms with Gasteiger partial charge in [-0.05, 0) is 19.3 Å². The summed E-state index contributed by atoms with van der Waals surface area (Å²) in [5, 5.41) is 3.57. The third kappa shape index (κ3) is 2.22. The predicted molar refractivity (Wildman–Crippen MR) is 62.0 cm³/mol. The summed E-state index contributed by atoms with van der Waals surface area (Å²) in [5.41, 5.74) is 7.13. The molecular weight excluding hydrogens is 206 g/mol. The van der Waals surface area contributed by atoms with E-state index in [0.29, 0.717) is 6.04 Å². The van der Waals surface area contributed by atoms with Gasteiger partial charge < -0.3 is 5.73 Å². The Morgan fingerprint density at radius 1 is 1.47 bits per heavy atom. The summed E-state index contributed by atoms with van der Waals surface area (Å²) in [5.74, 6) is 0.796. The summed E-state index contributed by atoms with van der Waals surface area (Å²) >= 11 is 1.84. The van der Waals surface area contributed by atoms with Crippen molar-refractivity contribution in [2.24, 2.45) is 5.73 Å². The largest absolute Gasteiger partial charge is 0.326 e. The third-order valence-electron chi connectivity index (χ3n) is 3.19. The van der Waals surface area contributed by atoms with Gasteiger partial charge in [-0.2, -0.15) is 0 Å². The van der Waals surface area contributed by atoms with Crippen molar-refractivity contribution in [2.75, 3.05) is 13.1 Å². The van der Waals surface area contributed by atoms with Crippen LogP contribution in [0, 0.1) is 0 Å². The van der Waals surface area contributed by atoms with E-state index in [4.69, 9.17) is 10.7 Å². The summed E-state index contributed by atoms with van der Waals surface area (Å²) in [4.78, 5) is 7.11. The number of aromatic nitrogens is 1. The highest BCUT2D eigenvalue weighted by Crippen LogP contribution is 2.41. The summed E-state index contributed by atoms with van der Waals surface area (Å²) < 4.78 is 0. The minimum absolute atomic E-state index is 0.381. The van der Waals surface area contributed by atoms with E-state index in [1.54, 1.807) is 0 Å². The lowest BCUT2D eigenvalue weighted by Gasteiger charge is -2.12. The number of thiazole rings is 1. The Morgan fingerprint density at radius 2 is 2.33 bits per heavy atom. The van der Waals surface area contributed by atoms with Gasteiger partial charge in [0.2, 0.25) is 0 Å². The molecule has 2 N–H and O–H groups in total. The lowest BCUT2D eigenvalue weighted by molar-refractivity contribution is 0.323. The molecule has 3 nitrogen and oxygen atoms in total. The minimum Gasteiger partial charge on any atom is -0.326 e. The smallest absolute Gasteiger partial charge is 0.0959 e. The van der Waals surface area contributed by atoms with E-state index in [1.165, 1.54) is 23.5 Å². The molecule has 1 aromatic heterocycles. The maximum absolute atomic E-state index is 5.88. The molecule has 1 aliphatic carbocycles. The Kier molecular flexibility index (Phi) is 2.50. The molecule has 0 amide bonds. The standard InChI is InChI=1S/C11H17N3S/c12-9-3-4-14(5-9)6-10-7-15-11(13-10)8-1-2-8/h7-9H,1-6,12H2. The zero-order valence-corrected chi connectivity index (χ0v) is 9.67. The van der Waals surface area contributed by atoms with Crippen LogP contribution in [0.5, 0.6) is 0 Å². The van der Waals surface area contributed by atoms with Gasteiger partial charge in [0.05, 0.1) is 10.7 Å². The normalized spacial score (nSPS) is 27.4. The van der Waals surface area contributed by atoms with E-state index in [9.17, 15) is 0 Å². The van der Waals surface area contributed by atoms with Gasteiger partial charge in [0.15, 0.2) is 0 Å². The van der Waals surface area contributed by atoms with Gasteiger partial charge in [-0.15, -0.1) is 11.3 Å². The van der Waals surface area contributed by atoms with Crippen molar-refractivity contribution in [1.82, 2.24) is 9.88 Å². The maximum atomic E-state index is 5.88. The summed E-state index contributed by atoms with van der Waals surface area (Å²) in [6, 6.07) is 0.381. The zero-order valence-electron chi connectivity index (χ0n) is 8.85. The second-order valence-corrected chi connectivity index (χ2v) is 5.62. The highest BCUT2D eigenvalue weighted by Gasteiger charge is 2.27. The van der Waals surface area contributed by atoms with E-state index in [2.05, 4.69) is 10.3 Å². The molecule has 1 saturated heterocycles. The van der Waals surface area contributed by atoms with Gasteiger partial charge in [0, 0.05) is 37.0 Å². The van der Waals surface area contributed by atoms with E-state index in [1.807, 2.05) is 11.3 Å². The zero-order chi connectivity index (χ0) is 10.3. The van der Waals surface area contributed by atoms with E-state index in [-0.39, 0.29) is 0 Å². The van der Waals surface area contributed by atoms with Crippen molar-refractivity contribution in [3.05, 3.63) is 16.1 Å². The summed E-state index contributed by atoms with van der Waals surface area (Å²) in [7, 11) is 0. The molecule has 0 radical (unpaired) electrons. The fourth-order valence-electron chi connectivity index (χ4n) is 2.15. The Balaban J connectivity index is 1.61. The first kappa shape index (κ1) is 9.75. The van der Waals surface area contributed by atoms with Crippen LogP contribution in [0.3, 0.4) is 0 Å². The van der Waals surface area contributed by atoms with E-state index in [0.717, 1.165) is 32.0 Å². The monoisotopic (exact) mass is 223 g/mol. The number of likely N-dealkylation sites (tertiary alicyclic amines) is 1. The van der Waals surface area contributed by atoms with Crippen molar-refractivity contribution < 1.29 is 0 Å². The van der Waals surface area contributed by atoms with Crippen molar-refractivity contribution in [2.45, 2.75) is 37.8 Å². The van der Waals surface area contributed by atoms with Crippen molar-refractivity contribution >= 4 is 11.3 Å². The molecule has 1 aromatic rings. The number of hydrogen-bond acceptors (Lipinski definition) is 4. The van der Waals surface area contributed by atoms with Gasteiger partial charge in [-0.25, -0.2) is 4.98 Å². The average Bonchev–Trinajstić information content (AvgIpc) is 2.84.